The Morgan fingerprint density at radius 1 is 1.19 bits per heavy atom. The van der Waals surface area contributed by atoms with Gasteiger partial charge in [0.1, 0.15) is 5.82 Å². The molecule has 136 valence electrons. The fourth-order valence-corrected chi connectivity index (χ4v) is 3.83. The van der Waals surface area contributed by atoms with Crippen LogP contribution < -0.4 is 15.5 Å². The summed E-state index contributed by atoms with van der Waals surface area (Å²) in [5, 5.41) is 6.60. The number of nitrogens with zero attached hydrogens (tertiary/aromatic N) is 3. The first kappa shape index (κ1) is 17.0. The van der Waals surface area contributed by atoms with E-state index >= 15 is 0 Å². The lowest BCUT2D eigenvalue weighted by Gasteiger charge is -2.43. The number of benzene rings is 1. The third kappa shape index (κ3) is 3.55. The first-order valence-electron chi connectivity index (χ1n) is 9.32. The first-order chi connectivity index (χ1) is 12.8. The maximum atomic E-state index is 13.0. The Morgan fingerprint density at radius 2 is 1.96 bits per heavy atom. The Kier molecular flexibility index (Phi) is 4.84. The van der Waals surface area contributed by atoms with E-state index in [1.807, 2.05) is 18.2 Å². The van der Waals surface area contributed by atoms with E-state index in [4.69, 9.17) is 0 Å². The number of hydrogen-bond acceptors (Lipinski definition) is 5. The van der Waals surface area contributed by atoms with Gasteiger partial charge in [0, 0.05) is 44.6 Å². The van der Waals surface area contributed by atoms with Crippen LogP contribution in [0, 0.1) is 5.41 Å². The Labute approximate surface area is 154 Å². The van der Waals surface area contributed by atoms with Crippen LogP contribution in [0.4, 0.5) is 5.82 Å². The van der Waals surface area contributed by atoms with E-state index in [1.54, 1.807) is 18.6 Å². The van der Waals surface area contributed by atoms with Crippen molar-refractivity contribution in [2.24, 2.45) is 5.41 Å². The summed E-state index contributed by atoms with van der Waals surface area (Å²) in [4.78, 5) is 23.7. The summed E-state index contributed by atoms with van der Waals surface area (Å²) >= 11 is 0. The van der Waals surface area contributed by atoms with Gasteiger partial charge in [-0.05, 0) is 24.8 Å². The molecule has 0 radical (unpaired) electrons. The van der Waals surface area contributed by atoms with E-state index < -0.39 is 0 Å². The largest absolute Gasteiger partial charge is 0.355 e. The standard InChI is InChI=1S/C20H25N5O/c26-19(20(14-22-15-20)12-16-4-2-1-3-5-16)24-17-6-10-25(11-7-17)18-13-21-8-9-23-18/h1-5,8-9,13,17,22H,6-7,10-12,14-15H2,(H,24,26). The predicted octanol–water partition coefficient (Wildman–Crippen LogP) is 1.39. The van der Waals surface area contributed by atoms with Crippen molar-refractivity contribution in [2.45, 2.75) is 25.3 Å². The third-order valence-electron chi connectivity index (χ3n) is 5.50. The second-order valence-electron chi connectivity index (χ2n) is 7.34. The van der Waals surface area contributed by atoms with Gasteiger partial charge < -0.3 is 15.5 Å². The monoisotopic (exact) mass is 351 g/mol. The van der Waals surface area contributed by atoms with Gasteiger partial charge in [-0.25, -0.2) is 4.98 Å². The lowest BCUT2D eigenvalue weighted by atomic mass is 9.75. The highest BCUT2D eigenvalue weighted by Gasteiger charge is 2.44. The van der Waals surface area contributed by atoms with Crippen LogP contribution >= 0.6 is 0 Å². The molecule has 0 atom stereocenters. The third-order valence-corrected chi connectivity index (χ3v) is 5.50. The Hall–Kier alpha value is -2.47. The highest BCUT2D eigenvalue weighted by molar-refractivity contribution is 5.85. The summed E-state index contributed by atoms with van der Waals surface area (Å²) in [5.74, 6) is 1.11. The molecule has 4 rings (SSSR count). The second-order valence-corrected chi connectivity index (χ2v) is 7.34. The number of piperidine rings is 1. The summed E-state index contributed by atoms with van der Waals surface area (Å²) in [6.45, 7) is 3.31. The molecule has 2 saturated heterocycles. The smallest absolute Gasteiger partial charge is 0.229 e. The SMILES string of the molecule is O=C(NC1CCN(c2cnccn2)CC1)C1(Cc2ccccc2)CNC1. The average molecular weight is 351 g/mol. The zero-order valence-electron chi connectivity index (χ0n) is 14.9. The number of carbonyl (C=O) groups excluding carboxylic acids is 1. The van der Waals surface area contributed by atoms with Gasteiger partial charge in [0.25, 0.3) is 0 Å². The van der Waals surface area contributed by atoms with Gasteiger partial charge in [0.2, 0.25) is 5.91 Å². The maximum absolute atomic E-state index is 13.0. The summed E-state index contributed by atoms with van der Waals surface area (Å²) in [6.07, 6.45) is 7.89. The molecule has 0 spiro atoms. The van der Waals surface area contributed by atoms with Crippen molar-refractivity contribution < 1.29 is 4.79 Å². The molecule has 26 heavy (non-hydrogen) atoms. The minimum atomic E-state index is -0.302. The molecule has 6 heteroatoms. The van der Waals surface area contributed by atoms with Gasteiger partial charge in [0.15, 0.2) is 0 Å². The van der Waals surface area contributed by atoms with Crippen molar-refractivity contribution in [3.05, 3.63) is 54.5 Å². The van der Waals surface area contributed by atoms with E-state index in [2.05, 4.69) is 37.6 Å². The van der Waals surface area contributed by atoms with Gasteiger partial charge in [-0.15, -0.1) is 0 Å². The summed E-state index contributed by atoms with van der Waals surface area (Å²) in [6, 6.07) is 10.5. The molecule has 1 amide bonds. The molecule has 2 aromatic rings. The van der Waals surface area contributed by atoms with Gasteiger partial charge in [-0.2, -0.15) is 0 Å². The van der Waals surface area contributed by atoms with Crippen molar-refractivity contribution in [3.63, 3.8) is 0 Å². The molecular weight excluding hydrogens is 326 g/mol. The second kappa shape index (κ2) is 7.41. The number of anilines is 1. The minimum Gasteiger partial charge on any atom is -0.355 e. The molecule has 2 aliphatic rings. The van der Waals surface area contributed by atoms with Crippen LogP contribution in [0.1, 0.15) is 18.4 Å². The quantitative estimate of drug-likeness (QED) is 0.852. The van der Waals surface area contributed by atoms with Crippen molar-refractivity contribution in [2.75, 3.05) is 31.1 Å². The molecule has 1 aromatic carbocycles. The van der Waals surface area contributed by atoms with Crippen molar-refractivity contribution in [1.82, 2.24) is 20.6 Å². The van der Waals surface area contributed by atoms with Crippen LogP contribution in [-0.2, 0) is 11.2 Å². The molecule has 0 unspecified atom stereocenters. The van der Waals surface area contributed by atoms with Gasteiger partial charge in [0.05, 0.1) is 11.6 Å². The lowest BCUT2D eigenvalue weighted by molar-refractivity contribution is -0.134. The zero-order chi connectivity index (χ0) is 17.8. The number of nitrogens with one attached hydrogen (secondary N) is 2. The molecule has 6 nitrogen and oxygen atoms in total. The van der Waals surface area contributed by atoms with E-state index in [-0.39, 0.29) is 17.4 Å². The predicted molar refractivity (Wildman–Crippen MR) is 101 cm³/mol. The summed E-state index contributed by atoms with van der Waals surface area (Å²) in [5.41, 5.74) is 0.922. The van der Waals surface area contributed by atoms with E-state index in [0.717, 1.165) is 51.3 Å². The lowest BCUT2D eigenvalue weighted by Crippen LogP contribution is -2.64. The van der Waals surface area contributed by atoms with Crippen LogP contribution in [0.25, 0.3) is 0 Å². The zero-order valence-corrected chi connectivity index (χ0v) is 14.9. The van der Waals surface area contributed by atoms with E-state index in [1.165, 1.54) is 5.56 Å². The Balaban J connectivity index is 1.33. The maximum Gasteiger partial charge on any atom is 0.229 e. The van der Waals surface area contributed by atoms with Crippen LogP contribution in [-0.4, -0.2) is 48.1 Å². The first-order valence-corrected chi connectivity index (χ1v) is 9.32. The van der Waals surface area contributed by atoms with Gasteiger partial charge in [-0.1, -0.05) is 30.3 Å². The van der Waals surface area contributed by atoms with Crippen LogP contribution in [0.5, 0.6) is 0 Å². The highest BCUT2D eigenvalue weighted by atomic mass is 16.2. The number of rotatable bonds is 5. The van der Waals surface area contributed by atoms with Gasteiger partial charge in [-0.3, -0.25) is 9.78 Å². The molecule has 2 N–H and O–H groups in total. The molecule has 0 bridgehead atoms. The van der Waals surface area contributed by atoms with Crippen molar-refractivity contribution >= 4 is 11.7 Å². The number of aromatic nitrogens is 2. The van der Waals surface area contributed by atoms with Crippen LogP contribution in [0.3, 0.4) is 0 Å². The molecule has 0 saturated carbocycles. The van der Waals surface area contributed by atoms with Crippen LogP contribution in [0.15, 0.2) is 48.9 Å². The molecule has 2 aliphatic heterocycles. The van der Waals surface area contributed by atoms with E-state index in [9.17, 15) is 4.79 Å². The summed E-state index contributed by atoms with van der Waals surface area (Å²) in [7, 11) is 0. The number of hydrogen-bond donors (Lipinski definition) is 2. The number of amides is 1. The normalized spacial score (nSPS) is 19.6. The fraction of sp³-hybridized carbons (Fsp3) is 0.450. The van der Waals surface area contributed by atoms with E-state index in [0.29, 0.717) is 0 Å². The Bertz CT molecular complexity index is 724. The fourth-order valence-electron chi connectivity index (χ4n) is 3.83. The van der Waals surface area contributed by atoms with Gasteiger partial charge >= 0.3 is 0 Å². The average Bonchev–Trinajstić information content (AvgIpc) is 2.67. The molecule has 2 fully saturated rings. The summed E-state index contributed by atoms with van der Waals surface area (Å²) < 4.78 is 0. The topological polar surface area (TPSA) is 70.2 Å². The van der Waals surface area contributed by atoms with Crippen molar-refractivity contribution in [3.8, 4) is 0 Å². The molecular formula is C20H25N5O. The molecule has 0 aliphatic carbocycles. The number of carbonyl (C=O) groups is 1. The molecule has 1 aromatic heterocycles. The van der Waals surface area contributed by atoms with Crippen LogP contribution in [0.2, 0.25) is 0 Å². The Morgan fingerprint density at radius 3 is 2.58 bits per heavy atom. The minimum absolute atomic E-state index is 0.193. The van der Waals surface area contributed by atoms with Crippen molar-refractivity contribution in [1.29, 1.82) is 0 Å². The highest BCUT2D eigenvalue weighted by Crippen LogP contribution is 2.29. The molecule has 3 heterocycles.